The fraction of sp³-hybridized carbons (Fsp3) is 0.409. The molecule has 0 fully saturated rings. The first-order valence-corrected chi connectivity index (χ1v) is 9.43. The van der Waals surface area contributed by atoms with E-state index < -0.39 is 0 Å². The highest BCUT2D eigenvalue weighted by Gasteiger charge is 2.06. The van der Waals surface area contributed by atoms with Gasteiger partial charge < -0.3 is 20.3 Å². The zero-order valence-corrected chi connectivity index (χ0v) is 20.2. The van der Waals surface area contributed by atoms with E-state index in [9.17, 15) is 4.39 Å². The van der Waals surface area contributed by atoms with Gasteiger partial charge in [0.1, 0.15) is 11.6 Å². The Bertz CT molecular complexity index is 811. The molecule has 2 aromatic rings. The van der Waals surface area contributed by atoms with Gasteiger partial charge in [-0.3, -0.25) is 4.99 Å². The van der Waals surface area contributed by atoms with Gasteiger partial charge in [0.25, 0.3) is 0 Å². The third-order valence-corrected chi connectivity index (χ3v) is 4.46. The predicted octanol–water partition coefficient (Wildman–Crippen LogP) is 3.73. The van der Waals surface area contributed by atoms with Gasteiger partial charge in [0, 0.05) is 32.2 Å². The Hall–Kier alpha value is -1.87. The van der Waals surface area contributed by atoms with Crippen molar-refractivity contribution in [1.82, 2.24) is 15.5 Å². The van der Waals surface area contributed by atoms with Gasteiger partial charge in [-0.25, -0.2) is 4.39 Å². The maximum Gasteiger partial charge on any atom is 0.191 e. The monoisotopic (exact) mass is 514 g/mol. The van der Waals surface area contributed by atoms with Crippen LogP contribution >= 0.6 is 24.0 Å². The summed E-state index contributed by atoms with van der Waals surface area (Å²) in [6.45, 7) is 3.94. The van der Waals surface area contributed by atoms with Crippen LogP contribution in [0.5, 0.6) is 5.75 Å². The van der Waals surface area contributed by atoms with E-state index >= 15 is 0 Å². The quantitative estimate of drug-likeness (QED) is 0.320. The minimum absolute atomic E-state index is 0. The Labute approximate surface area is 190 Å². The zero-order chi connectivity index (χ0) is 20.5. The Morgan fingerprint density at radius 3 is 2.48 bits per heavy atom. The second kappa shape index (κ2) is 12.6. The fourth-order valence-corrected chi connectivity index (χ4v) is 2.95. The molecule has 29 heavy (non-hydrogen) atoms. The summed E-state index contributed by atoms with van der Waals surface area (Å²) in [5.41, 5.74) is 4.05. The molecule has 0 saturated heterocycles. The van der Waals surface area contributed by atoms with Crippen LogP contribution in [0.25, 0.3) is 0 Å². The lowest BCUT2D eigenvalue weighted by Crippen LogP contribution is -2.37. The molecule has 160 valence electrons. The minimum atomic E-state index is -0.173. The molecule has 0 aliphatic heterocycles. The van der Waals surface area contributed by atoms with Gasteiger partial charge >= 0.3 is 0 Å². The topological polar surface area (TPSA) is 48.9 Å². The Kier molecular flexibility index (Phi) is 11.0. The van der Waals surface area contributed by atoms with E-state index in [4.69, 9.17) is 4.74 Å². The lowest BCUT2D eigenvalue weighted by molar-refractivity contribution is 0.392. The van der Waals surface area contributed by atoms with E-state index in [0.29, 0.717) is 18.7 Å². The van der Waals surface area contributed by atoms with Crippen LogP contribution in [0.2, 0.25) is 0 Å². The van der Waals surface area contributed by atoms with Crippen LogP contribution in [0.3, 0.4) is 0 Å². The number of nitrogens with one attached hydrogen (secondary N) is 2. The molecule has 0 heterocycles. The van der Waals surface area contributed by atoms with E-state index in [1.807, 2.05) is 32.0 Å². The smallest absolute Gasteiger partial charge is 0.191 e. The van der Waals surface area contributed by atoms with Gasteiger partial charge in [0.2, 0.25) is 0 Å². The normalized spacial score (nSPS) is 11.2. The van der Waals surface area contributed by atoms with Crippen LogP contribution in [0, 0.1) is 12.7 Å². The van der Waals surface area contributed by atoms with Gasteiger partial charge in [0.05, 0.1) is 7.11 Å². The molecule has 5 nitrogen and oxygen atoms in total. The molecule has 7 heteroatoms. The van der Waals surface area contributed by atoms with Gasteiger partial charge in [-0.05, 0) is 62.3 Å². The van der Waals surface area contributed by atoms with E-state index in [0.717, 1.165) is 35.8 Å². The van der Waals surface area contributed by atoms with E-state index in [1.165, 1.54) is 11.6 Å². The summed E-state index contributed by atoms with van der Waals surface area (Å²) >= 11 is 0. The third kappa shape index (κ3) is 8.18. The minimum Gasteiger partial charge on any atom is -0.496 e. The van der Waals surface area contributed by atoms with Crippen LogP contribution in [0.15, 0.2) is 41.4 Å². The van der Waals surface area contributed by atoms with Crippen molar-refractivity contribution in [2.45, 2.75) is 26.4 Å². The number of aliphatic imine (C=N–C) groups is 1. The van der Waals surface area contributed by atoms with Crippen LogP contribution in [-0.4, -0.2) is 45.7 Å². The van der Waals surface area contributed by atoms with Crippen LogP contribution < -0.4 is 15.4 Å². The first kappa shape index (κ1) is 25.2. The first-order chi connectivity index (χ1) is 13.4. The summed E-state index contributed by atoms with van der Waals surface area (Å²) < 4.78 is 19.3. The van der Waals surface area contributed by atoms with Crippen LogP contribution in [-0.2, 0) is 19.5 Å². The Balaban J connectivity index is 0.00000420. The SMILES string of the molecule is CN=C(NCCc1ccc(C)c(OC)c1)NCc1ccc(F)c(CN(C)C)c1.I. The number of benzene rings is 2. The number of methoxy groups -OCH3 is 1. The van der Waals surface area contributed by atoms with Gasteiger partial charge in [0.15, 0.2) is 5.96 Å². The second-order valence-electron chi connectivity index (χ2n) is 7.07. The number of guanidine groups is 1. The molecule has 0 unspecified atom stereocenters. The molecule has 0 aliphatic rings. The maximum atomic E-state index is 13.9. The van der Waals surface area contributed by atoms with E-state index in [-0.39, 0.29) is 29.8 Å². The van der Waals surface area contributed by atoms with Crippen molar-refractivity contribution in [2.24, 2.45) is 4.99 Å². The largest absolute Gasteiger partial charge is 0.496 e. The maximum absolute atomic E-state index is 13.9. The standard InChI is InChI=1S/C22H31FN4O.HI/c1-16-6-7-17(13-21(16)28-5)10-11-25-22(24-2)26-14-18-8-9-20(23)19(12-18)15-27(3)4;/h6-9,12-13H,10-11,14-15H2,1-5H3,(H2,24,25,26);1H. The molecule has 2 aromatic carbocycles. The third-order valence-electron chi connectivity index (χ3n) is 4.46. The van der Waals surface area contributed by atoms with Gasteiger partial charge in [-0.2, -0.15) is 0 Å². The molecule has 0 radical (unpaired) electrons. The molecule has 0 saturated carbocycles. The van der Waals surface area contributed by atoms with Crippen molar-refractivity contribution in [3.63, 3.8) is 0 Å². The van der Waals surface area contributed by atoms with Crippen molar-refractivity contribution in [2.75, 3.05) is 34.8 Å². The lowest BCUT2D eigenvalue weighted by atomic mass is 10.1. The number of ether oxygens (including phenoxy) is 1. The number of nitrogens with zero attached hydrogens (tertiary/aromatic N) is 2. The summed E-state index contributed by atoms with van der Waals surface area (Å²) in [6, 6.07) is 11.5. The molecule has 2 N–H and O–H groups in total. The molecule has 2 rings (SSSR count). The Morgan fingerprint density at radius 1 is 1.10 bits per heavy atom. The molecule has 0 spiro atoms. The molecule has 0 aliphatic carbocycles. The number of rotatable bonds is 8. The number of aryl methyl sites for hydroxylation is 1. The lowest BCUT2D eigenvalue weighted by Gasteiger charge is -2.14. The number of hydrogen-bond donors (Lipinski definition) is 2. The van der Waals surface area contributed by atoms with Crippen molar-refractivity contribution in [3.05, 3.63) is 64.5 Å². The Morgan fingerprint density at radius 2 is 1.83 bits per heavy atom. The van der Waals surface area contributed by atoms with Crippen molar-refractivity contribution >= 4 is 29.9 Å². The highest BCUT2D eigenvalue weighted by molar-refractivity contribution is 14.0. The molecule has 0 aromatic heterocycles. The summed E-state index contributed by atoms with van der Waals surface area (Å²) in [5.74, 6) is 1.45. The number of halogens is 2. The van der Waals surface area contributed by atoms with E-state index in [1.54, 1.807) is 20.2 Å². The summed E-state index contributed by atoms with van der Waals surface area (Å²) in [4.78, 5) is 6.21. The highest BCUT2D eigenvalue weighted by Crippen LogP contribution is 2.19. The van der Waals surface area contributed by atoms with Gasteiger partial charge in [-0.15, -0.1) is 24.0 Å². The average Bonchev–Trinajstić information content (AvgIpc) is 2.67. The number of hydrogen-bond acceptors (Lipinski definition) is 3. The summed E-state index contributed by atoms with van der Waals surface area (Å²) in [5, 5.41) is 6.60. The van der Waals surface area contributed by atoms with Crippen LogP contribution in [0.4, 0.5) is 4.39 Å². The molecule has 0 atom stereocenters. The molecular weight excluding hydrogens is 482 g/mol. The van der Waals surface area contributed by atoms with Gasteiger partial charge in [-0.1, -0.05) is 18.2 Å². The van der Waals surface area contributed by atoms with Crippen molar-refractivity contribution in [1.29, 1.82) is 0 Å². The zero-order valence-electron chi connectivity index (χ0n) is 17.9. The van der Waals surface area contributed by atoms with E-state index in [2.05, 4.69) is 33.8 Å². The fourth-order valence-electron chi connectivity index (χ4n) is 2.95. The summed E-state index contributed by atoms with van der Waals surface area (Å²) in [7, 11) is 7.29. The molecule has 0 amide bonds. The molecular formula is C22H32FIN4O. The summed E-state index contributed by atoms with van der Waals surface area (Å²) in [6.07, 6.45) is 0.862. The molecule has 0 bridgehead atoms. The predicted molar refractivity (Wildman–Crippen MR) is 129 cm³/mol. The first-order valence-electron chi connectivity index (χ1n) is 9.43. The highest BCUT2D eigenvalue weighted by atomic mass is 127. The second-order valence-corrected chi connectivity index (χ2v) is 7.07. The average molecular weight is 514 g/mol. The van der Waals surface area contributed by atoms with Crippen LogP contribution in [0.1, 0.15) is 22.3 Å². The van der Waals surface area contributed by atoms with Crippen molar-refractivity contribution in [3.8, 4) is 5.75 Å². The van der Waals surface area contributed by atoms with Crippen molar-refractivity contribution < 1.29 is 9.13 Å².